The Morgan fingerprint density at radius 1 is 0.300 bits per heavy atom. The van der Waals surface area contributed by atoms with Crippen LogP contribution in [0.4, 0.5) is 0 Å². The van der Waals surface area contributed by atoms with Gasteiger partial charge in [0.1, 0.15) is 13.2 Å². The van der Waals surface area contributed by atoms with E-state index in [0.717, 1.165) is 128 Å². The number of allylic oxidation sites excluding steroid dienone is 20. The molecule has 0 aromatic heterocycles. The molecule has 1 atom stereocenters. The van der Waals surface area contributed by atoms with E-state index in [1.165, 1.54) is 70.6 Å². The fraction of sp³-hybridized carbons (Fsp3) is 0.641. The first-order valence-corrected chi connectivity index (χ1v) is 28.5. The maximum atomic E-state index is 12.8. The molecule has 70 heavy (non-hydrogen) atoms. The number of hydrogen-bond donors (Lipinski definition) is 0. The zero-order valence-electron chi connectivity index (χ0n) is 45.2. The highest BCUT2D eigenvalue weighted by atomic mass is 16.6. The van der Waals surface area contributed by atoms with E-state index in [-0.39, 0.29) is 37.5 Å². The standard InChI is InChI=1S/C64H104O6/c1-4-7-10-13-16-19-22-25-28-29-30-31-32-33-34-35-37-39-42-45-48-51-54-57-63(66)69-60-61(59-68-62(65)56-53-50-47-44-41-38-27-24-21-18-15-12-9-6-3)70-64(67)58-55-52-49-46-43-40-36-26-23-20-17-14-11-8-5-2/h7-8,10-11,16-17,19-20,25-26,28,30-31,33-34,36-37,39,45,48,61H,4-6,9,12-15,18,21-24,27,29,32,35,38,40-44,46-47,49-60H2,1-3H3/b10-7-,11-8-,19-16-,20-17-,28-25-,31-30-,34-33-,36-26-,39-37-,48-45-. The molecule has 6 heteroatoms. The Kier molecular flexibility index (Phi) is 54.0. The van der Waals surface area contributed by atoms with Crippen molar-refractivity contribution >= 4 is 17.9 Å². The van der Waals surface area contributed by atoms with E-state index < -0.39 is 6.10 Å². The third-order valence-electron chi connectivity index (χ3n) is 11.7. The summed E-state index contributed by atoms with van der Waals surface area (Å²) in [6.45, 7) is 6.35. The molecule has 0 spiro atoms. The molecule has 0 rings (SSSR count). The van der Waals surface area contributed by atoms with E-state index in [4.69, 9.17) is 14.2 Å². The topological polar surface area (TPSA) is 78.9 Å². The smallest absolute Gasteiger partial charge is 0.306 e. The summed E-state index contributed by atoms with van der Waals surface area (Å²) < 4.78 is 16.8. The average molecular weight is 970 g/mol. The molecule has 0 aromatic rings. The van der Waals surface area contributed by atoms with Crippen LogP contribution in [0, 0.1) is 0 Å². The van der Waals surface area contributed by atoms with Crippen LogP contribution in [0.15, 0.2) is 122 Å². The fourth-order valence-corrected chi connectivity index (χ4v) is 7.50. The highest BCUT2D eigenvalue weighted by molar-refractivity contribution is 5.71. The maximum absolute atomic E-state index is 12.8. The van der Waals surface area contributed by atoms with Gasteiger partial charge in [-0.2, -0.15) is 0 Å². The molecule has 1 unspecified atom stereocenters. The van der Waals surface area contributed by atoms with E-state index in [2.05, 4.69) is 142 Å². The summed E-state index contributed by atoms with van der Waals surface area (Å²) in [6, 6.07) is 0. The molecule has 0 aliphatic carbocycles. The number of carbonyl (C=O) groups is 3. The largest absolute Gasteiger partial charge is 0.462 e. The average Bonchev–Trinajstić information content (AvgIpc) is 3.36. The Balaban J connectivity index is 4.50. The molecular weight excluding hydrogens is 865 g/mol. The van der Waals surface area contributed by atoms with Crippen LogP contribution in [-0.2, 0) is 28.6 Å². The lowest BCUT2D eigenvalue weighted by atomic mass is 10.0. The summed E-state index contributed by atoms with van der Waals surface area (Å²) in [5.74, 6) is -0.984. The minimum Gasteiger partial charge on any atom is -0.462 e. The van der Waals surface area contributed by atoms with Gasteiger partial charge in [-0.1, -0.05) is 245 Å². The molecule has 0 aromatic carbocycles. The summed E-state index contributed by atoms with van der Waals surface area (Å²) in [5.41, 5.74) is 0. The fourth-order valence-electron chi connectivity index (χ4n) is 7.50. The Labute approximate surface area is 431 Å². The lowest BCUT2D eigenvalue weighted by Crippen LogP contribution is -2.30. The zero-order chi connectivity index (χ0) is 50.7. The second-order valence-electron chi connectivity index (χ2n) is 18.4. The van der Waals surface area contributed by atoms with Crippen LogP contribution in [0.1, 0.15) is 245 Å². The van der Waals surface area contributed by atoms with E-state index in [1.807, 2.05) is 0 Å². The molecule has 0 amide bonds. The Hall–Kier alpha value is -4.19. The van der Waals surface area contributed by atoms with Gasteiger partial charge in [-0.25, -0.2) is 0 Å². The van der Waals surface area contributed by atoms with Crippen LogP contribution in [0.2, 0.25) is 0 Å². The summed E-state index contributed by atoms with van der Waals surface area (Å²) in [6.07, 6.45) is 79.1. The third-order valence-corrected chi connectivity index (χ3v) is 11.7. The molecular formula is C64H104O6. The van der Waals surface area contributed by atoms with E-state index in [9.17, 15) is 14.4 Å². The molecule has 0 aliphatic heterocycles. The lowest BCUT2D eigenvalue weighted by molar-refractivity contribution is -0.167. The SMILES string of the molecule is CC/C=C\C/C=C\C/C=C\C/C=C\C/C=C\C/C=C\C/C=C\CCCC(=O)OCC(COC(=O)CCCCCCCCCCCCCCCC)OC(=O)CCCCCCC/C=C\C/C=C\C/C=C\CC. The van der Waals surface area contributed by atoms with Gasteiger partial charge in [0.25, 0.3) is 0 Å². The van der Waals surface area contributed by atoms with Crippen LogP contribution in [-0.4, -0.2) is 37.2 Å². The van der Waals surface area contributed by atoms with Crippen molar-refractivity contribution in [3.8, 4) is 0 Å². The molecule has 6 nitrogen and oxygen atoms in total. The maximum Gasteiger partial charge on any atom is 0.306 e. The summed E-state index contributed by atoms with van der Waals surface area (Å²) in [4.78, 5) is 38.1. The Morgan fingerprint density at radius 2 is 0.571 bits per heavy atom. The van der Waals surface area contributed by atoms with Gasteiger partial charge in [-0.05, 0) is 103 Å². The first kappa shape index (κ1) is 65.8. The highest BCUT2D eigenvalue weighted by Gasteiger charge is 2.19. The normalized spacial score (nSPS) is 13.0. The van der Waals surface area contributed by atoms with Crippen molar-refractivity contribution in [3.05, 3.63) is 122 Å². The van der Waals surface area contributed by atoms with Crippen molar-refractivity contribution in [2.45, 2.75) is 252 Å². The van der Waals surface area contributed by atoms with E-state index >= 15 is 0 Å². The van der Waals surface area contributed by atoms with Crippen LogP contribution in [0.25, 0.3) is 0 Å². The van der Waals surface area contributed by atoms with Crippen molar-refractivity contribution in [2.75, 3.05) is 13.2 Å². The van der Waals surface area contributed by atoms with Crippen molar-refractivity contribution < 1.29 is 28.6 Å². The second kappa shape index (κ2) is 57.4. The number of hydrogen-bond acceptors (Lipinski definition) is 6. The minimum absolute atomic E-state index is 0.104. The Bertz CT molecular complexity index is 1490. The number of ether oxygens (including phenoxy) is 3. The predicted molar refractivity (Wildman–Crippen MR) is 302 cm³/mol. The van der Waals surface area contributed by atoms with Crippen molar-refractivity contribution in [2.24, 2.45) is 0 Å². The molecule has 0 radical (unpaired) electrons. The van der Waals surface area contributed by atoms with Crippen LogP contribution < -0.4 is 0 Å². The van der Waals surface area contributed by atoms with Gasteiger partial charge >= 0.3 is 17.9 Å². The Morgan fingerprint density at radius 3 is 0.929 bits per heavy atom. The monoisotopic (exact) mass is 969 g/mol. The molecule has 0 aliphatic rings. The van der Waals surface area contributed by atoms with Gasteiger partial charge in [0.2, 0.25) is 0 Å². The van der Waals surface area contributed by atoms with E-state index in [0.29, 0.717) is 19.3 Å². The molecule has 0 bridgehead atoms. The number of unbranched alkanes of at least 4 members (excludes halogenated alkanes) is 19. The summed E-state index contributed by atoms with van der Waals surface area (Å²) in [7, 11) is 0. The quantitative estimate of drug-likeness (QED) is 0.0262. The molecule has 396 valence electrons. The molecule has 0 saturated heterocycles. The summed E-state index contributed by atoms with van der Waals surface area (Å²) in [5, 5.41) is 0. The summed E-state index contributed by atoms with van der Waals surface area (Å²) >= 11 is 0. The van der Waals surface area contributed by atoms with Crippen LogP contribution in [0.3, 0.4) is 0 Å². The lowest BCUT2D eigenvalue weighted by Gasteiger charge is -2.18. The van der Waals surface area contributed by atoms with Crippen molar-refractivity contribution in [1.82, 2.24) is 0 Å². The highest BCUT2D eigenvalue weighted by Crippen LogP contribution is 2.15. The first-order chi connectivity index (χ1) is 34.5. The van der Waals surface area contributed by atoms with Gasteiger partial charge in [0.15, 0.2) is 6.10 Å². The third kappa shape index (κ3) is 54.7. The first-order valence-electron chi connectivity index (χ1n) is 28.5. The molecule has 0 heterocycles. The van der Waals surface area contributed by atoms with Crippen molar-refractivity contribution in [1.29, 1.82) is 0 Å². The van der Waals surface area contributed by atoms with Crippen LogP contribution >= 0.6 is 0 Å². The molecule has 0 N–H and O–H groups in total. The van der Waals surface area contributed by atoms with E-state index in [1.54, 1.807) is 0 Å². The number of rotatable bonds is 50. The second-order valence-corrected chi connectivity index (χ2v) is 18.4. The van der Waals surface area contributed by atoms with Gasteiger partial charge in [0.05, 0.1) is 0 Å². The van der Waals surface area contributed by atoms with Crippen LogP contribution in [0.5, 0.6) is 0 Å². The van der Waals surface area contributed by atoms with Crippen molar-refractivity contribution in [3.63, 3.8) is 0 Å². The van der Waals surface area contributed by atoms with Gasteiger partial charge in [-0.15, -0.1) is 0 Å². The zero-order valence-corrected chi connectivity index (χ0v) is 45.2. The minimum atomic E-state index is -0.813. The molecule has 0 saturated carbocycles. The van der Waals surface area contributed by atoms with Gasteiger partial charge in [0, 0.05) is 19.3 Å². The van der Waals surface area contributed by atoms with Gasteiger partial charge < -0.3 is 14.2 Å². The molecule has 0 fully saturated rings. The predicted octanol–water partition coefficient (Wildman–Crippen LogP) is 19.3. The van der Waals surface area contributed by atoms with Gasteiger partial charge in [-0.3, -0.25) is 14.4 Å². The number of esters is 3. The number of carbonyl (C=O) groups excluding carboxylic acids is 3.